The minimum absolute atomic E-state index is 0.255. The summed E-state index contributed by atoms with van der Waals surface area (Å²) in [5.74, 6) is 1.66. The van der Waals surface area contributed by atoms with Crippen LogP contribution in [0.2, 0.25) is 0 Å². The maximum atomic E-state index is 13.6. The van der Waals surface area contributed by atoms with Crippen LogP contribution in [0.15, 0.2) is 36.7 Å². The van der Waals surface area contributed by atoms with Gasteiger partial charge in [0, 0.05) is 25.1 Å². The Hall–Kier alpha value is -2.98. The highest BCUT2D eigenvalue weighted by atomic mass is 32.2. The van der Waals surface area contributed by atoms with Crippen LogP contribution >= 0.6 is 0 Å². The van der Waals surface area contributed by atoms with E-state index in [1.807, 2.05) is 13.0 Å². The smallest absolute Gasteiger partial charge is 0.170 e. The fourth-order valence-electron chi connectivity index (χ4n) is 4.61. The van der Waals surface area contributed by atoms with Gasteiger partial charge in [0.1, 0.15) is 22.9 Å². The minimum Gasteiger partial charge on any atom is -0.494 e. The molecule has 0 radical (unpaired) electrons. The topological polar surface area (TPSA) is 105 Å². The van der Waals surface area contributed by atoms with Crippen LogP contribution in [0.5, 0.6) is 11.5 Å². The quantitative estimate of drug-likeness (QED) is 0.414. The third kappa shape index (κ3) is 4.90. The molecule has 2 atom stereocenters. The zero-order chi connectivity index (χ0) is 25.2. The van der Waals surface area contributed by atoms with Gasteiger partial charge >= 0.3 is 0 Å². The molecule has 0 amide bonds. The minimum atomic E-state index is -3.64. The molecule has 1 saturated carbocycles. The number of aromatic nitrogens is 4. The van der Waals surface area contributed by atoms with Crippen LogP contribution < -0.4 is 9.47 Å². The summed E-state index contributed by atoms with van der Waals surface area (Å²) in [5.41, 5.74) is 2.17. The molecule has 1 aromatic carbocycles. The van der Waals surface area contributed by atoms with Gasteiger partial charge in [0.05, 0.1) is 25.6 Å². The van der Waals surface area contributed by atoms with E-state index in [-0.39, 0.29) is 23.6 Å². The van der Waals surface area contributed by atoms with Crippen LogP contribution in [0.3, 0.4) is 0 Å². The Bertz CT molecular complexity index is 1260. The fourth-order valence-corrected chi connectivity index (χ4v) is 6.16. The average Bonchev–Trinajstić information content (AvgIpc) is 3.22. The van der Waals surface area contributed by atoms with E-state index in [4.69, 9.17) is 14.2 Å². The molecule has 0 saturated heterocycles. The molecule has 1 aliphatic carbocycles. The van der Waals surface area contributed by atoms with Crippen molar-refractivity contribution >= 4 is 9.84 Å². The van der Waals surface area contributed by atoms with Crippen molar-refractivity contribution in [1.29, 1.82) is 0 Å². The van der Waals surface area contributed by atoms with Crippen molar-refractivity contribution < 1.29 is 22.6 Å². The van der Waals surface area contributed by atoms with Gasteiger partial charge in [-0.25, -0.2) is 8.42 Å². The van der Waals surface area contributed by atoms with Crippen LogP contribution in [0.1, 0.15) is 37.6 Å². The van der Waals surface area contributed by atoms with Crippen LogP contribution in [-0.4, -0.2) is 60.8 Å². The first-order chi connectivity index (χ1) is 16.8. The average molecular weight is 501 g/mol. The standard InChI is InChI=1S/C25H32N4O5S/c1-16-12-19(14-26-13-16)25-28-27-22(29(25)23-20(32-3)10-7-11-21(23)33-4)15-35(30,31)17(2)24(34-5)18-8-6-9-18/h7,10-14,17-18,24H,6,8-9,15H2,1-5H3/t17-,24+/m1/s1. The number of pyridine rings is 1. The van der Waals surface area contributed by atoms with Crippen molar-refractivity contribution in [1.82, 2.24) is 19.7 Å². The van der Waals surface area contributed by atoms with Crippen molar-refractivity contribution in [2.24, 2.45) is 5.92 Å². The molecule has 3 aromatic rings. The van der Waals surface area contributed by atoms with Gasteiger partial charge in [-0.3, -0.25) is 9.55 Å². The van der Waals surface area contributed by atoms with Gasteiger partial charge in [0.2, 0.25) is 0 Å². The molecule has 10 heteroatoms. The molecule has 0 spiro atoms. The summed E-state index contributed by atoms with van der Waals surface area (Å²) in [6.07, 6.45) is 6.13. The second-order valence-corrected chi connectivity index (χ2v) is 11.3. The fraction of sp³-hybridized carbons (Fsp3) is 0.480. The highest BCUT2D eigenvalue weighted by molar-refractivity contribution is 7.91. The number of hydrogen-bond acceptors (Lipinski definition) is 8. The Morgan fingerprint density at radius 3 is 2.31 bits per heavy atom. The van der Waals surface area contributed by atoms with E-state index in [0.29, 0.717) is 28.6 Å². The summed E-state index contributed by atoms with van der Waals surface area (Å²) in [6.45, 7) is 3.65. The molecule has 1 fully saturated rings. The number of sulfone groups is 1. The molecule has 0 bridgehead atoms. The largest absolute Gasteiger partial charge is 0.494 e. The highest BCUT2D eigenvalue weighted by Crippen LogP contribution is 2.38. The number of aryl methyl sites for hydroxylation is 1. The van der Waals surface area contributed by atoms with Gasteiger partial charge in [0.25, 0.3) is 0 Å². The summed E-state index contributed by atoms with van der Waals surface area (Å²) in [6, 6.07) is 7.30. The van der Waals surface area contributed by atoms with E-state index in [1.165, 1.54) is 0 Å². The molecule has 1 aliphatic rings. The van der Waals surface area contributed by atoms with E-state index < -0.39 is 15.1 Å². The number of hydrogen-bond donors (Lipinski definition) is 0. The van der Waals surface area contributed by atoms with Gasteiger partial charge in [-0.2, -0.15) is 0 Å². The second kappa shape index (κ2) is 10.3. The van der Waals surface area contributed by atoms with E-state index in [2.05, 4.69) is 15.2 Å². The summed E-state index contributed by atoms with van der Waals surface area (Å²) in [7, 11) is 1.05. The normalized spacial score (nSPS) is 15.9. The Labute approximate surface area is 206 Å². The van der Waals surface area contributed by atoms with Gasteiger partial charge < -0.3 is 14.2 Å². The van der Waals surface area contributed by atoms with Crippen LogP contribution in [0, 0.1) is 12.8 Å². The maximum absolute atomic E-state index is 13.6. The van der Waals surface area contributed by atoms with Crippen molar-refractivity contribution in [2.45, 2.75) is 50.2 Å². The molecule has 9 nitrogen and oxygen atoms in total. The van der Waals surface area contributed by atoms with E-state index >= 15 is 0 Å². The molecule has 0 N–H and O–H groups in total. The molecule has 35 heavy (non-hydrogen) atoms. The highest BCUT2D eigenvalue weighted by Gasteiger charge is 2.39. The molecule has 188 valence electrons. The predicted molar refractivity (Wildman–Crippen MR) is 133 cm³/mol. The second-order valence-electron chi connectivity index (χ2n) is 8.94. The number of benzene rings is 1. The molecule has 4 rings (SSSR count). The third-order valence-electron chi connectivity index (χ3n) is 6.73. The van der Waals surface area contributed by atoms with E-state index in [1.54, 1.807) is 63.4 Å². The SMILES string of the molecule is COc1cccc(OC)c1-n1c(CS(=O)(=O)[C@H](C)[C@H](OC)C2CCC2)nnc1-c1cncc(C)c1. The lowest BCUT2D eigenvalue weighted by Crippen LogP contribution is -2.42. The van der Waals surface area contributed by atoms with Crippen molar-refractivity contribution in [2.75, 3.05) is 21.3 Å². The Morgan fingerprint density at radius 1 is 1.09 bits per heavy atom. The van der Waals surface area contributed by atoms with Crippen LogP contribution in [0.25, 0.3) is 17.1 Å². The summed E-state index contributed by atoms with van der Waals surface area (Å²) < 4.78 is 45.8. The van der Waals surface area contributed by atoms with Gasteiger partial charge in [-0.1, -0.05) is 12.5 Å². The lowest BCUT2D eigenvalue weighted by Gasteiger charge is -2.36. The number of nitrogens with zero attached hydrogens (tertiary/aromatic N) is 4. The molecule has 2 heterocycles. The van der Waals surface area contributed by atoms with E-state index in [0.717, 1.165) is 24.8 Å². The van der Waals surface area contributed by atoms with Gasteiger partial charge in [-0.15, -0.1) is 10.2 Å². The molecular formula is C25H32N4O5S. The first-order valence-electron chi connectivity index (χ1n) is 11.6. The molecule has 2 aromatic heterocycles. The maximum Gasteiger partial charge on any atom is 0.170 e. The first kappa shape index (κ1) is 25.1. The summed E-state index contributed by atoms with van der Waals surface area (Å²) in [5, 5.41) is 8.04. The molecule has 0 unspecified atom stereocenters. The first-order valence-corrected chi connectivity index (χ1v) is 13.3. The number of ether oxygens (including phenoxy) is 3. The zero-order valence-electron chi connectivity index (χ0n) is 20.8. The monoisotopic (exact) mass is 500 g/mol. The van der Waals surface area contributed by atoms with Crippen LogP contribution in [0.4, 0.5) is 0 Å². The van der Waals surface area contributed by atoms with Crippen molar-refractivity contribution in [3.63, 3.8) is 0 Å². The van der Waals surface area contributed by atoms with E-state index in [9.17, 15) is 8.42 Å². The lowest BCUT2D eigenvalue weighted by atomic mass is 9.80. The Balaban J connectivity index is 1.85. The summed E-state index contributed by atoms with van der Waals surface area (Å²) >= 11 is 0. The number of methoxy groups -OCH3 is 3. The molecule has 0 aliphatic heterocycles. The van der Waals surface area contributed by atoms with Crippen LogP contribution in [-0.2, 0) is 20.3 Å². The zero-order valence-corrected chi connectivity index (χ0v) is 21.6. The lowest BCUT2D eigenvalue weighted by molar-refractivity contribution is 0.0193. The molecular weight excluding hydrogens is 468 g/mol. The van der Waals surface area contributed by atoms with Crippen molar-refractivity contribution in [3.8, 4) is 28.6 Å². The number of rotatable bonds is 10. The Kier molecular flexibility index (Phi) is 7.42. The number of para-hydroxylation sites is 1. The third-order valence-corrected chi connectivity index (χ3v) is 8.80. The predicted octanol–water partition coefficient (Wildman–Crippen LogP) is 3.77. The van der Waals surface area contributed by atoms with Gasteiger partial charge in [0.15, 0.2) is 21.5 Å². The van der Waals surface area contributed by atoms with Gasteiger partial charge in [-0.05, 0) is 56.4 Å². The summed E-state index contributed by atoms with van der Waals surface area (Å²) in [4.78, 5) is 4.28. The van der Waals surface area contributed by atoms with Crippen molar-refractivity contribution in [3.05, 3.63) is 48.0 Å². The Morgan fingerprint density at radius 2 is 1.77 bits per heavy atom.